The highest BCUT2D eigenvalue weighted by atomic mass is 14.8. The second-order valence-electron chi connectivity index (χ2n) is 11.0. The minimum Gasteiger partial charge on any atom is -0.325 e. The molecule has 7 atom stereocenters. The van der Waals surface area contributed by atoms with Gasteiger partial charge < -0.3 is 5.73 Å². The van der Waals surface area contributed by atoms with Crippen LogP contribution >= 0.6 is 0 Å². The van der Waals surface area contributed by atoms with Crippen molar-refractivity contribution in [3.05, 3.63) is 0 Å². The molecule has 0 saturated heterocycles. The van der Waals surface area contributed by atoms with E-state index in [4.69, 9.17) is 5.73 Å². The van der Waals surface area contributed by atoms with Crippen molar-refractivity contribution in [1.29, 1.82) is 0 Å². The first-order valence-corrected chi connectivity index (χ1v) is 12.5. The molecule has 0 aromatic carbocycles. The molecule has 0 aliphatic heterocycles. The van der Waals surface area contributed by atoms with Crippen LogP contribution in [0.3, 0.4) is 0 Å². The van der Waals surface area contributed by atoms with E-state index in [0.29, 0.717) is 5.41 Å². The summed E-state index contributed by atoms with van der Waals surface area (Å²) in [7, 11) is 0. The van der Waals surface area contributed by atoms with E-state index in [2.05, 4.69) is 34.6 Å². The minimum absolute atomic E-state index is 0. The zero-order valence-corrected chi connectivity index (χ0v) is 20.4. The highest BCUT2D eigenvalue weighted by Crippen LogP contribution is 2.57. The van der Waals surface area contributed by atoms with Gasteiger partial charge in [0.2, 0.25) is 0 Å². The van der Waals surface area contributed by atoms with Gasteiger partial charge in [-0.05, 0) is 86.4 Å². The Hall–Kier alpha value is -0.0400. The second kappa shape index (κ2) is 12.0. The van der Waals surface area contributed by atoms with Gasteiger partial charge in [-0.15, -0.1) is 0 Å². The Bertz CT molecular complexity index is 405. The van der Waals surface area contributed by atoms with Crippen molar-refractivity contribution in [2.45, 2.75) is 133 Å². The molecular weight excluding hydrogens is 338 g/mol. The van der Waals surface area contributed by atoms with E-state index in [-0.39, 0.29) is 13.0 Å². The molecule has 3 aliphatic carbocycles. The third-order valence-corrected chi connectivity index (χ3v) is 7.89. The molecule has 3 saturated carbocycles. The molecule has 0 amide bonds. The van der Waals surface area contributed by atoms with Crippen LogP contribution in [0, 0.1) is 40.9 Å². The molecule has 6 unspecified atom stereocenters. The second-order valence-corrected chi connectivity index (χ2v) is 11.0. The third kappa shape index (κ3) is 6.75. The van der Waals surface area contributed by atoms with Gasteiger partial charge in [0.1, 0.15) is 0 Å². The fourth-order valence-electron chi connectivity index (χ4n) is 6.59. The van der Waals surface area contributed by atoms with Crippen molar-refractivity contribution in [2.75, 3.05) is 0 Å². The Morgan fingerprint density at radius 1 is 0.893 bits per heavy atom. The Morgan fingerprint density at radius 3 is 2.07 bits per heavy atom. The fraction of sp³-hybridized carbons (Fsp3) is 1.00. The summed E-state index contributed by atoms with van der Waals surface area (Å²) in [5, 5.41) is 0. The predicted octanol–water partition coefficient (Wildman–Crippen LogP) is 8.71. The summed E-state index contributed by atoms with van der Waals surface area (Å²) in [4.78, 5) is 0. The summed E-state index contributed by atoms with van der Waals surface area (Å²) in [6.07, 6.45) is 12.9. The Balaban J connectivity index is 0.00000137. The lowest BCUT2D eigenvalue weighted by Crippen LogP contribution is -2.60. The maximum absolute atomic E-state index is 7.09. The third-order valence-electron chi connectivity index (χ3n) is 7.89. The lowest BCUT2D eigenvalue weighted by molar-refractivity contribution is -0.0422. The van der Waals surface area contributed by atoms with Crippen LogP contribution in [0.2, 0.25) is 0 Å². The molecule has 0 bridgehead atoms. The van der Waals surface area contributed by atoms with Gasteiger partial charge in [-0.25, -0.2) is 0 Å². The van der Waals surface area contributed by atoms with Crippen LogP contribution in [0.15, 0.2) is 0 Å². The summed E-state index contributed by atoms with van der Waals surface area (Å²) >= 11 is 0. The standard InChI is InChI=1S/C22H41N.2C2H6.CH4/c1-15-9-10-16-7-6-8-19-20(16)17(13-15)14-18(22(19,5)23)11-12-21(2,3)4;2*1-2;/h15-20H,6-14,23H2,1-5H3;2*1-2H3;1H4/t15?,16?,17?,18?,19?,20?,22-;;;/m1.../s1. The van der Waals surface area contributed by atoms with Crippen LogP contribution in [-0.4, -0.2) is 5.54 Å². The largest absolute Gasteiger partial charge is 0.325 e. The minimum atomic E-state index is 0. The van der Waals surface area contributed by atoms with Crippen molar-refractivity contribution in [2.24, 2.45) is 46.7 Å². The predicted molar refractivity (Wildman–Crippen MR) is 130 cm³/mol. The van der Waals surface area contributed by atoms with Gasteiger partial charge in [-0.1, -0.05) is 82.1 Å². The van der Waals surface area contributed by atoms with Gasteiger partial charge in [-0.3, -0.25) is 0 Å². The first-order chi connectivity index (χ1) is 12.7. The Morgan fingerprint density at radius 2 is 1.50 bits per heavy atom. The molecule has 1 nitrogen and oxygen atoms in total. The van der Waals surface area contributed by atoms with Gasteiger partial charge in [0.05, 0.1) is 0 Å². The van der Waals surface area contributed by atoms with Gasteiger partial charge in [0.15, 0.2) is 0 Å². The molecule has 28 heavy (non-hydrogen) atoms. The van der Waals surface area contributed by atoms with E-state index in [1.54, 1.807) is 0 Å². The van der Waals surface area contributed by atoms with Crippen LogP contribution in [-0.2, 0) is 0 Å². The molecule has 1 heteroatoms. The quantitative estimate of drug-likeness (QED) is 0.497. The van der Waals surface area contributed by atoms with Gasteiger partial charge in [-0.2, -0.15) is 0 Å². The number of hydrogen-bond donors (Lipinski definition) is 1. The average molecular weight is 396 g/mol. The van der Waals surface area contributed by atoms with E-state index in [0.717, 1.165) is 35.5 Å². The molecule has 3 rings (SSSR count). The summed E-state index contributed by atoms with van der Waals surface area (Å²) in [5.41, 5.74) is 7.62. The molecule has 0 aromatic heterocycles. The van der Waals surface area contributed by atoms with E-state index >= 15 is 0 Å². The topological polar surface area (TPSA) is 26.0 Å². The number of rotatable bonds is 2. The molecule has 3 fully saturated rings. The molecule has 170 valence electrons. The summed E-state index contributed by atoms with van der Waals surface area (Å²) in [5.74, 6) is 5.41. The van der Waals surface area contributed by atoms with Crippen molar-refractivity contribution in [3.8, 4) is 0 Å². The van der Waals surface area contributed by atoms with Crippen molar-refractivity contribution < 1.29 is 0 Å². The van der Waals surface area contributed by atoms with E-state index in [1.807, 2.05) is 27.7 Å². The number of nitrogens with two attached hydrogens (primary N) is 1. The van der Waals surface area contributed by atoms with Crippen molar-refractivity contribution in [1.82, 2.24) is 0 Å². The monoisotopic (exact) mass is 395 g/mol. The number of hydrogen-bond acceptors (Lipinski definition) is 1. The fourth-order valence-corrected chi connectivity index (χ4v) is 6.59. The zero-order valence-electron chi connectivity index (χ0n) is 20.4. The van der Waals surface area contributed by atoms with E-state index in [9.17, 15) is 0 Å². The Kier molecular flexibility index (Phi) is 12.0. The summed E-state index contributed by atoms with van der Waals surface area (Å²) < 4.78 is 0. The molecule has 0 heterocycles. The molecule has 2 N–H and O–H groups in total. The first kappa shape index (κ1) is 28.0. The molecule has 0 radical (unpaired) electrons. The van der Waals surface area contributed by atoms with Gasteiger partial charge in [0, 0.05) is 5.54 Å². The maximum atomic E-state index is 7.09. The average Bonchev–Trinajstić information content (AvgIpc) is 2.79. The van der Waals surface area contributed by atoms with Gasteiger partial charge >= 0.3 is 0 Å². The van der Waals surface area contributed by atoms with E-state index in [1.165, 1.54) is 57.8 Å². The normalized spacial score (nSPS) is 39.6. The molecule has 0 spiro atoms. The van der Waals surface area contributed by atoms with Crippen LogP contribution in [0.1, 0.15) is 128 Å². The first-order valence-electron chi connectivity index (χ1n) is 12.5. The summed E-state index contributed by atoms with van der Waals surface area (Å²) in [6.45, 7) is 20.1. The van der Waals surface area contributed by atoms with E-state index < -0.39 is 0 Å². The molecule has 0 aromatic rings. The lowest BCUT2D eigenvalue weighted by atomic mass is 9.51. The lowest BCUT2D eigenvalue weighted by Gasteiger charge is -2.57. The smallest absolute Gasteiger partial charge is 0.0185 e. The highest BCUT2D eigenvalue weighted by molar-refractivity contribution is 5.06. The molecular formula is C27H57N. The molecule has 3 aliphatic rings. The van der Waals surface area contributed by atoms with Gasteiger partial charge in [0.25, 0.3) is 0 Å². The highest BCUT2D eigenvalue weighted by Gasteiger charge is 2.53. The summed E-state index contributed by atoms with van der Waals surface area (Å²) in [6, 6.07) is 0. The maximum Gasteiger partial charge on any atom is 0.0185 e. The Labute approximate surface area is 180 Å². The van der Waals surface area contributed by atoms with Crippen molar-refractivity contribution >= 4 is 0 Å². The SMILES string of the molecule is C.CC.CC.CC1CCC2CCCC3C2C(C1)CC(CCC(C)(C)C)[C@@]3(C)N. The van der Waals surface area contributed by atoms with Crippen LogP contribution in [0.5, 0.6) is 0 Å². The van der Waals surface area contributed by atoms with Crippen LogP contribution in [0.25, 0.3) is 0 Å². The van der Waals surface area contributed by atoms with Crippen molar-refractivity contribution in [3.63, 3.8) is 0 Å². The van der Waals surface area contributed by atoms with Crippen LogP contribution in [0.4, 0.5) is 0 Å². The zero-order chi connectivity index (χ0) is 20.8. The van der Waals surface area contributed by atoms with Crippen LogP contribution < -0.4 is 5.73 Å².